The lowest BCUT2D eigenvalue weighted by atomic mass is 10.1. The summed E-state index contributed by atoms with van der Waals surface area (Å²) in [5, 5.41) is 5.55. The number of amides is 3. The van der Waals surface area contributed by atoms with Crippen LogP contribution in [0, 0.1) is 0 Å². The number of hydrogen-bond donors (Lipinski definition) is 2. The van der Waals surface area contributed by atoms with E-state index in [1.165, 1.54) is 12.1 Å². The second-order valence-corrected chi connectivity index (χ2v) is 9.36. The normalized spacial score (nSPS) is 13.9. The number of carbonyl (C=O) groups is 4. The largest absolute Gasteiger partial charge is 0.462 e. The molecule has 0 saturated heterocycles. The van der Waals surface area contributed by atoms with Gasteiger partial charge in [-0.15, -0.1) is 0 Å². The van der Waals surface area contributed by atoms with Crippen molar-refractivity contribution in [3.63, 3.8) is 0 Å². The van der Waals surface area contributed by atoms with Crippen molar-refractivity contribution in [1.29, 1.82) is 0 Å². The van der Waals surface area contributed by atoms with Crippen LogP contribution in [0.3, 0.4) is 0 Å². The number of nitrogens with one attached hydrogen (secondary N) is 2. The number of unbranched alkanes of at least 4 members (excludes halogenated alkanes) is 1. The van der Waals surface area contributed by atoms with Crippen molar-refractivity contribution in [2.75, 3.05) is 16.8 Å². The topological polar surface area (TPSA) is 105 Å². The first-order valence-electron chi connectivity index (χ1n) is 12.6. The molecule has 0 bridgehead atoms. The van der Waals surface area contributed by atoms with Crippen LogP contribution in [-0.4, -0.2) is 30.3 Å². The smallest absolute Gasteiger partial charge is 0.338 e. The summed E-state index contributed by atoms with van der Waals surface area (Å²) in [4.78, 5) is 52.0. The van der Waals surface area contributed by atoms with Gasteiger partial charge in [-0.2, -0.15) is 0 Å². The average molecular weight is 546 g/mol. The second-order valence-electron chi connectivity index (χ2n) is 8.98. The van der Waals surface area contributed by atoms with Crippen LogP contribution >= 0.6 is 11.6 Å². The third-order valence-electron chi connectivity index (χ3n) is 6.16. The molecule has 0 saturated carbocycles. The number of hydrogen-bond acceptors (Lipinski definition) is 6. The molecule has 3 amide bonds. The maximum absolute atomic E-state index is 13.2. The molecule has 0 fully saturated rings. The third kappa shape index (κ3) is 6.35. The highest BCUT2D eigenvalue weighted by atomic mass is 35.5. The second kappa shape index (κ2) is 12.4. The Morgan fingerprint density at radius 1 is 0.923 bits per heavy atom. The monoisotopic (exact) mass is 545 g/mol. The number of ether oxygens (including phenoxy) is 1. The average Bonchev–Trinajstić information content (AvgIpc) is 3.16. The van der Waals surface area contributed by atoms with Crippen molar-refractivity contribution >= 4 is 46.7 Å². The van der Waals surface area contributed by atoms with E-state index in [0.29, 0.717) is 11.3 Å². The summed E-state index contributed by atoms with van der Waals surface area (Å²) in [5.41, 5.74) is 2.20. The van der Waals surface area contributed by atoms with E-state index < -0.39 is 17.8 Å². The number of benzene rings is 3. The fraction of sp³-hybridized carbons (Fsp3) is 0.200. The quantitative estimate of drug-likeness (QED) is 0.196. The van der Waals surface area contributed by atoms with Gasteiger partial charge in [-0.1, -0.05) is 61.3 Å². The SMILES string of the molecule is CCCCOC(=O)c1cccc(N2C(=O)C(Cl)=C(Nc3ccc(C(=O)NC(C)c4ccccc4)cc3)C2=O)c1. The summed E-state index contributed by atoms with van der Waals surface area (Å²) in [5.74, 6) is -2.17. The molecule has 39 heavy (non-hydrogen) atoms. The van der Waals surface area contributed by atoms with Crippen LogP contribution in [0.2, 0.25) is 0 Å². The minimum absolute atomic E-state index is 0.104. The zero-order valence-electron chi connectivity index (χ0n) is 21.6. The van der Waals surface area contributed by atoms with E-state index in [0.717, 1.165) is 23.3 Å². The lowest BCUT2D eigenvalue weighted by Crippen LogP contribution is -2.32. The predicted molar refractivity (Wildman–Crippen MR) is 149 cm³/mol. The van der Waals surface area contributed by atoms with Crippen molar-refractivity contribution in [1.82, 2.24) is 5.32 Å². The maximum atomic E-state index is 13.2. The van der Waals surface area contributed by atoms with Gasteiger partial charge in [-0.25, -0.2) is 9.69 Å². The van der Waals surface area contributed by atoms with Crippen molar-refractivity contribution < 1.29 is 23.9 Å². The standard InChI is InChI=1S/C30H28ClN3O5/c1-3-4-17-39-30(38)22-11-8-12-24(18-22)34-28(36)25(31)26(29(34)37)33-23-15-13-21(14-16-23)27(35)32-19(2)20-9-6-5-7-10-20/h5-16,18-19,33H,3-4,17H2,1-2H3,(H,32,35). The molecule has 3 aromatic carbocycles. The zero-order chi connectivity index (χ0) is 27.9. The summed E-state index contributed by atoms with van der Waals surface area (Å²) in [6, 6.07) is 22.0. The highest BCUT2D eigenvalue weighted by Gasteiger charge is 2.39. The van der Waals surface area contributed by atoms with Crippen LogP contribution in [0.5, 0.6) is 0 Å². The molecule has 0 spiro atoms. The number of imide groups is 1. The Labute approximate surface area is 231 Å². The Balaban J connectivity index is 1.43. The van der Waals surface area contributed by atoms with E-state index in [1.807, 2.05) is 44.2 Å². The summed E-state index contributed by atoms with van der Waals surface area (Å²) in [6.07, 6.45) is 1.62. The molecule has 3 aromatic rings. The van der Waals surface area contributed by atoms with E-state index in [-0.39, 0.29) is 40.5 Å². The summed E-state index contributed by atoms with van der Waals surface area (Å²) in [6.45, 7) is 4.17. The number of carbonyl (C=O) groups excluding carboxylic acids is 4. The third-order valence-corrected chi connectivity index (χ3v) is 6.51. The summed E-state index contributed by atoms with van der Waals surface area (Å²) in [7, 11) is 0. The van der Waals surface area contributed by atoms with Gasteiger partial charge < -0.3 is 15.4 Å². The number of nitrogens with zero attached hydrogens (tertiary/aromatic N) is 1. The van der Waals surface area contributed by atoms with E-state index >= 15 is 0 Å². The van der Waals surface area contributed by atoms with Crippen molar-refractivity contribution in [3.8, 4) is 0 Å². The van der Waals surface area contributed by atoms with Crippen LogP contribution in [0.15, 0.2) is 89.6 Å². The molecule has 1 atom stereocenters. The molecule has 1 aliphatic rings. The molecule has 0 aromatic heterocycles. The predicted octanol–water partition coefficient (Wildman–Crippen LogP) is 5.57. The minimum Gasteiger partial charge on any atom is -0.462 e. The van der Waals surface area contributed by atoms with Crippen molar-refractivity contribution in [2.45, 2.75) is 32.7 Å². The molecule has 4 rings (SSSR count). The molecular formula is C30H28ClN3O5. The fourth-order valence-corrected chi connectivity index (χ4v) is 4.18. The van der Waals surface area contributed by atoms with Gasteiger partial charge in [-0.3, -0.25) is 14.4 Å². The van der Waals surface area contributed by atoms with Crippen LogP contribution < -0.4 is 15.5 Å². The molecule has 0 aliphatic carbocycles. The molecule has 8 nitrogen and oxygen atoms in total. The van der Waals surface area contributed by atoms with Gasteiger partial charge in [0, 0.05) is 11.3 Å². The Kier molecular flexibility index (Phi) is 8.78. The molecule has 0 radical (unpaired) electrons. The molecule has 9 heteroatoms. The van der Waals surface area contributed by atoms with Gasteiger partial charge >= 0.3 is 5.97 Å². The highest BCUT2D eigenvalue weighted by Crippen LogP contribution is 2.31. The molecule has 1 heterocycles. The summed E-state index contributed by atoms with van der Waals surface area (Å²) >= 11 is 6.25. The minimum atomic E-state index is -0.716. The molecular weight excluding hydrogens is 518 g/mol. The van der Waals surface area contributed by atoms with Gasteiger partial charge in [-0.05, 0) is 61.4 Å². The molecule has 1 aliphatic heterocycles. The Hall–Kier alpha value is -4.43. The van der Waals surface area contributed by atoms with Crippen LogP contribution in [0.4, 0.5) is 11.4 Å². The lowest BCUT2D eigenvalue weighted by molar-refractivity contribution is -0.120. The van der Waals surface area contributed by atoms with Gasteiger partial charge in [0.25, 0.3) is 17.7 Å². The van der Waals surface area contributed by atoms with Gasteiger partial charge in [0.2, 0.25) is 0 Å². The number of esters is 1. The van der Waals surface area contributed by atoms with Gasteiger partial charge in [0.1, 0.15) is 10.7 Å². The first kappa shape index (κ1) is 27.6. The Morgan fingerprint density at radius 2 is 1.64 bits per heavy atom. The molecule has 1 unspecified atom stereocenters. The maximum Gasteiger partial charge on any atom is 0.338 e. The lowest BCUT2D eigenvalue weighted by Gasteiger charge is -2.16. The van der Waals surface area contributed by atoms with Gasteiger partial charge in [0.15, 0.2) is 0 Å². The number of anilines is 2. The fourth-order valence-electron chi connectivity index (χ4n) is 3.96. The zero-order valence-corrected chi connectivity index (χ0v) is 22.3. The Morgan fingerprint density at radius 3 is 2.33 bits per heavy atom. The van der Waals surface area contributed by atoms with Crippen LogP contribution in [0.1, 0.15) is 59.0 Å². The highest BCUT2D eigenvalue weighted by molar-refractivity contribution is 6.53. The first-order chi connectivity index (χ1) is 18.8. The van der Waals surface area contributed by atoms with Crippen molar-refractivity contribution in [2.24, 2.45) is 0 Å². The van der Waals surface area contributed by atoms with Crippen molar-refractivity contribution in [3.05, 3.63) is 106 Å². The number of halogens is 1. The van der Waals surface area contributed by atoms with E-state index in [2.05, 4.69) is 10.6 Å². The molecule has 200 valence electrons. The van der Waals surface area contributed by atoms with E-state index in [1.54, 1.807) is 36.4 Å². The van der Waals surface area contributed by atoms with Crippen LogP contribution in [-0.2, 0) is 14.3 Å². The molecule has 2 N–H and O–H groups in total. The Bertz CT molecular complexity index is 1420. The van der Waals surface area contributed by atoms with Gasteiger partial charge in [0.05, 0.1) is 23.9 Å². The van der Waals surface area contributed by atoms with Crippen LogP contribution in [0.25, 0.3) is 0 Å². The summed E-state index contributed by atoms with van der Waals surface area (Å²) < 4.78 is 5.23. The van der Waals surface area contributed by atoms with E-state index in [9.17, 15) is 19.2 Å². The first-order valence-corrected chi connectivity index (χ1v) is 13.0. The number of rotatable bonds is 10. The van der Waals surface area contributed by atoms with E-state index in [4.69, 9.17) is 16.3 Å².